The molecule has 184 valence electrons. The molecule has 0 aliphatic heterocycles. The number of aromatic nitrogens is 2. The number of rotatable bonds is 6. The molecule has 10 heteroatoms. The van der Waals surface area contributed by atoms with E-state index in [4.69, 9.17) is 9.47 Å². The van der Waals surface area contributed by atoms with Crippen LogP contribution in [0.3, 0.4) is 0 Å². The van der Waals surface area contributed by atoms with Crippen molar-refractivity contribution in [3.05, 3.63) is 57.0 Å². The van der Waals surface area contributed by atoms with Crippen molar-refractivity contribution in [1.82, 2.24) is 9.55 Å². The number of carbonyl (C=O) groups excluding carboxylic acids is 3. The molecular formula is C25H27N3O6S. The zero-order chi connectivity index (χ0) is 25.1. The van der Waals surface area contributed by atoms with Crippen LogP contribution in [0, 0.1) is 6.92 Å². The Morgan fingerprint density at radius 1 is 1.17 bits per heavy atom. The number of ether oxygens (including phenoxy) is 2. The van der Waals surface area contributed by atoms with Gasteiger partial charge in [-0.15, -0.1) is 11.3 Å². The van der Waals surface area contributed by atoms with Gasteiger partial charge in [-0.05, 0) is 63.3 Å². The van der Waals surface area contributed by atoms with E-state index >= 15 is 0 Å². The van der Waals surface area contributed by atoms with Crippen molar-refractivity contribution >= 4 is 45.1 Å². The number of methoxy groups -OCH3 is 1. The van der Waals surface area contributed by atoms with Crippen LogP contribution in [0.4, 0.5) is 5.69 Å². The quantitative estimate of drug-likeness (QED) is 0.506. The van der Waals surface area contributed by atoms with Crippen molar-refractivity contribution in [3.63, 3.8) is 0 Å². The summed E-state index contributed by atoms with van der Waals surface area (Å²) in [5.74, 6) is -1.41. The van der Waals surface area contributed by atoms with E-state index in [0.717, 1.165) is 43.4 Å². The second-order valence-corrected chi connectivity index (χ2v) is 9.60. The molecule has 2 aromatic heterocycles. The van der Waals surface area contributed by atoms with Gasteiger partial charge in [-0.1, -0.05) is 12.5 Å². The summed E-state index contributed by atoms with van der Waals surface area (Å²) in [5, 5.41) is 3.02. The fraction of sp³-hybridized carbons (Fsp3) is 0.400. The summed E-state index contributed by atoms with van der Waals surface area (Å²) < 4.78 is 11.6. The molecule has 1 amide bonds. The first kappa shape index (κ1) is 24.6. The van der Waals surface area contributed by atoms with Crippen LogP contribution < -0.4 is 10.9 Å². The van der Waals surface area contributed by atoms with Crippen molar-refractivity contribution in [2.24, 2.45) is 0 Å². The predicted octanol–water partition coefficient (Wildman–Crippen LogP) is 4.24. The van der Waals surface area contributed by atoms with Gasteiger partial charge in [-0.25, -0.2) is 14.6 Å². The van der Waals surface area contributed by atoms with Gasteiger partial charge in [-0.3, -0.25) is 14.2 Å². The van der Waals surface area contributed by atoms with Crippen LogP contribution in [0.15, 0.2) is 35.4 Å². The molecule has 1 fully saturated rings. The van der Waals surface area contributed by atoms with Crippen LogP contribution >= 0.6 is 11.3 Å². The SMILES string of the molecule is COC(=O)c1cccc(NC(=O)C(C)n2cnc3sc(C(=O)OC4CCCCC4)c(C)c3c2=O)c1. The number of nitrogens with one attached hydrogen (secondary N) is 1. The molecular weight excluding hydrogens is 470 g/mol. The Bertz CT molecular complexity index is 1340. The zero-order valence-corrected chi connectivity index (χ0v) is 20.6. The van der Waals surface area contributed by atoms with Crippen LogP contribution in [-0.4, -0.2) is 40.6 Å². The Morgan fingerprint density at radius 2 is 1.91 bits per heavy atom. The lowest BCUT2D eigenvalue weighted by atomic mass is 9.98. The highest BCUT2D eigenvalue weighted by atomic mass is 32.1. The lowest BCUT2D eigenvalue weighted by molar-refractivity contribution is -0.118. The number of hydrogen-bond acceptors (Lipinski definition) is 8. The van der Waals surface area contributed by atoms with Gasteiger partial charge in [-0.2, -0.15) is 0 Å². The minimum Gasteiger partial charge on any atom is -0.465 e. The molecule has 3 aromatic rings. The number of esters is 2. The average Bonchev–Trinajstić information content (AvgIpc) is 3.21. The molecule has 1 aliphatic rings. The molecule has 4 rings (SSSR count). The number of carbonyl (C=O) groups is 3. The summed E-state index contributed by atoms with van der Waals surface area (Å²) in [5.41, 5.74) is 0.786. The molecule has 0 saturated heterocycles. The summed E-state index contributed by atoms with van der Waals surface area (Å²) in [6.45, 7) is 3.28. The standard InChI is InChI=1S/C25H27N3O6S/c1-14-19-22(35-20(14)25(32)34-18-10-5-4-6-11-18)26-13-28(23(19)30)15(2)21(29)27-17-9-7-8-16(12-17)24(31)33-3/h7-9,12-13,15,18H,4-6,10-11H2,1-3H3,(H,27,29). The fourth-order valence-corrected chi connectivity index (χ4v) is 5.23. The van der Waals surface area contributed by atoms with Crippen molar-refractivity contribution in [3.8, 4) is 0 Å². The third-order valence-corrected chi connectivity index (χ3v) is 7.42. The van der Waals surface area contributed by atoms with E-state index in [1.165, 1.54) is 24.1 Å². The molecule has 35 heavy (non-hydrogen) atoms. The van der Waals surface area contributed by atoms with Crippen molar-refractivity contribution in [2.45, 2.75) is 58.1 Å². The molecule has 2 heterocycles. The highest BCUT2D eigenvalue weighted by Gasteiger charge is 2.26. The minimum atomic E-state index is -0.891. The maximum Gasteiger partial charge on any atom is 0.348 e. The number of amides is 1. The highest BCUT2D eigenvalue weighted by molar-refractivity contribution is 7.20. The molecule has 0 spiro atoms. The maximum absolute atomic E-state index is 13.3. The van der Waals surface area contributed by atoms with Crippen molar-refractivity contribution < 1.29 is 23.9 Å². The molecule has 1 aliphatic carbocycles. The van der Waals surface area contributed by atoms with Gasteiger partial charge in [0.2, 0.25) is 5.91 Å². The van der Waals surface area contributed by atoms with Crippen LogP contribution in [0.25, 0.3) is 10.2 Å². The lowest BCUT2D eigenvalue weighted by Crippen LogP contribution is -2.31. The Morgan fingerprint density at radius 3 is 2.63 bits per heavy atom. The highest BCUT2D eigenvalue weighted by Crippen LogP contribution is 2.30. The molecule has 1 N–H and O–H groups in total. The van der Waals surface area contributed by atoms with Crippen LogP contribution in [0.2, 0.25) is 0 Å². The van der Waals surface area contributed by atoms with Crippen molar-refractivity contribution in [2.75, 3.05) is 12.4 Å². The molecule has 0 radical (unpaired) electrons. The van der Waals surface area contributed by atoms with E-state index in [-0.39, 0.29) is 6.10 Å². The van der Waals surface area contributed by atoms with Gasteiger partial charge < -0.3 is 14.8 Å². The monoisotopic (exact) mass is 497 g/mol. The van der Waals surface area contributed by atoms with Crippen LogP contribution in [0.5, 0.6) is 0 Å². The Balaban J connectivity index is 1.56. The Kier molecular flexibility index (Phi) is 7.30. The third-order valence-electron chi connectivity index (χ3n) is 6.24. The second kappa shape index (κ2) is 10.4. The number of nitrogens with zero attached hydrogens (tertiary/aromatic N) is 2. The molecule has 9 nitrogen and oxygen atoms in total. The topological polar surface area (TPSA) is 117 Å². The van der Waals surface area contributed by atoms with E-state index in [1.54, 1.807) is 32.0 Å². The average molecular weight is 498 g/mol. The van der Waals surface area contributed by atoms with E-state index < -0.39 is 29.4 Å². The smallest absolute Gasteiger partial charge is 0.348 e. The predicted molar refractivity (Wildman–Crippen MR) is 132 cm³/mol. The van der Waals surface area contributed by atoms with Gasteiger partial charge in [0.15, 0.2) is 0 Å². The van der Waals surface area contributed by atoms with Crippen molar-refractivity contribution in [1.29, 1.82) is 0 Å². The summed E-state index contributed by atoms with van der Waals surface area (Å²) in [6.07, 6.45) is 6.18. The lowest BCUT2D eigenvalue weighted by Gasteiger charge is -2.21. The zero-order valence-electron chi connectivity index (χ0n) is 19.8. The van der Waals surface area contributed by atoms with E-state index in [0.29, 0.717) is 31.9 Å². The summed E-state index contributed by atoms with van der Waals surface area (Å²) in [4.78, 5) is 55.9. The molecule has 1 atom stereocenters. The molecule has 1 saturated carbocycles. The number of thiophene rings is 1. The van der Waals surface area contributed by atoms with Gasteiger partial charge in [0, 0.05) is 5.69 Å². The number of benzene rings is 1. The Labute approximate surface area is 206 Å². The number of aryl methyl sites for hydroxylation is 1. The van der Waals surface area contributed by atoms with E-state index in [1.807, 2.05) is 0 Å². The van der Waals surface area contributed by atoms with Crippen LogP contribution in [0.1, 0.15) is 70.7 Å². The molecule has 1 aromatic carbocycles. The first-order valence-electron chi connectivity index (χ1n) is 11.5. The van der Waals surface area contributed by atoms with Gasteiger partial charge in [0.05, 0.1) is 24.4 Å². The normalized spacial score (nSPS) is 14.9. The summed E-state index contributed by atoms with van der Waals surface area (Å²) in [7, 11) is 1.28. The third kappa shape index (κ3) is 5.12. The summed E-state index contributed by atoms with van der Waals surface area (Å²) in [6, 6.07) is 5.43. The maximum atomic E-state index is 13.3. The number of anilines is 1. The molecule has 1 unspecified atom stereocenters. The Hall–Kier alpha value is -3.53. The first-order valence-corrected chi connectivity index (χ1v) is 12.3. The van der Waals surface area contributed by atoms with Gasteiger partial charge in [0.25, 0.3) is 5.56 Å². The van der Waals surface area contributed by atoms with Gasteiger partial charge in [0.1, 0.15) is 21.9 Å². The van der Waals surface area contributed by atoms with E-state index in [2.05, 4.69) is 10.3 Å². The fourth-order valence-electron chi connectivity index (χ4n) is 4.21. The number of fused-ring (bicyclic) bond motifs is 1. The van der Waals surface area contributed by atoms with Gasteiger partial charge >= 0.3 is 11.9 Å². The van der Waals surface area contributed by atoms with E-state index in [9.17, 15) is 19.2 Å². The van der Waals surface area contributed by atoms with Crippen LogP contribution in [-0.2, 0) is 14.3 Å². The first-order chi connectivity index (χ1) is 16.8. The summed E-state index contributed by atoms with van der Waals surface area (Å²) >= 11 is 1.13. The molecule has 0 bridgehead atoms. The minimum absolute atomic E-state index is 0.0908. The second-order valence-electron chi connectivity index (χ2n) is 8.60. The largest absolute Gasteiger partial charge is 0.465 e. The number of hydrogen-bond donors (Lipinski definition) is 1.